The number of methoxy groups -OCH3 is 1. The molecule has 1 heterocycles. The zero-order chi connectivity index (χ0) is 12.8. The molecule has 5 heteroatoms. The molecule has 1 atom stereocenters. The topological polar surface area (TPSA) is 39.1 Å². The molecule has 0 radical (unpaired) electrons. The highest BCUT2D eigenvalue weighted by Gasteiger charge is 2.14. The molecule has 1 aromatic rings. The van der Waals surface area contributed by atoms with E-state index < -0.39 is 0 Å². The van der Waals surface area contributed by atoms with Gasteiger partial charge in [-0.2, -0.15) is 16.9 Å². The van der Waals surface area contributed by atoms with Crippen molar-refractivity contribution in [2.45, 2.75) is 32.9 Å². The minimum absolute atomic E-state index is 0.520. The summed E-state index contributed by atoms with van der Waals surface area (Å²) in [6.45, 7) is 5.05. The second kappa shape index (κ2) is 6.91. The molecule has 1 rings (SSSR count). The molecule has 17 heavy (non-hydrogen) atoms. The van der Waals surface area contributed by atoms with E-state index in [1.807, 2.05) is 25.7 Å². The van der Waals surface area contributed by atoms with E-state index in [0.717, 1.165) is 23.7 Å². The molecule has 4 nitrogen and oxygen atoms in total. The molecule has 0 fully saturated rings. The molecular weight excluding hydrogens is 234 g/mol. The Morgan fingerprint density at radius 3 is 2.82 bits per heavy atom. The lowest BCUT2D eigenvalue weighted by Gasteiger charge is -2.13. The van der Waals surface area contributed by atoms with Gasteiger partial charge in [-0.3, -0.25) is 0 Å². The summed E-state index contributed by atoms with van der Waals surface area (Å²) in [5.41, 5.74) is 2.19. The highest BCUT2D eigenvalue weighted by Crippen LogP contribution is 2.20. The summed E-state index contributed by atoms with van der Waals surface area (Å²) in [6.07, 6.45) is 3.32. The number of rotatable bonds is 7. The summed E-state index contributed by atoms with van der Waals surface area (Å²) < 4.78 is 7.16. The zero-order valence-corrected chi connectivity index (χ0v) is 12.2. The first kappa shape index (κ1) is 14.4. The largest absolute Gasteiger partial charge is 0.481 e. The van der Waals surface area contributed by atoms with Crippen molar-refractivity contribution in [3.63, 3.8) is 0 Å². The smallest absolute Gasteiger partial charge is 0.216 e. The molecule has 1 N–H and O–H groups in total. The summed E-state index contributed by atoms with van der Waals surface area (Å²) in [5.74, 6) is 2.05. The van der Waals surface area contributed by atoms with Crippen LogP contribution in [-0.2, 0) is 13.6 Å². The van der Waals surface area contributed by atoms with Crippen molar-refractivity contribution in [2.24, 2.45) is 7.05 Å². The number of ether oxygens (including phenoxy) is 1. The van der Waals surface area contributed by atoms with Crippen molar-refractivity contribution in [2.75, 3.05) is 19.1 Å². The predicted octanol–water partition coefficient (Wildman–Crippen LogP) is 1.97. The fourth-order valence-electron chi connectivity index (χ4n) is 1.81. The highest BCUT2D eigenvalue weighted by molar-refractivity contribution is 7.98. The van der Waals surface area contributed by atoms with Gasteiger partial charge in [0.05, 0.1) is 18.4 Å². The first-order valence-corrected chi connectivity index (χ1v) is 7.28. The van der Waals surface area contributed by atoms with E-state index in [9.17, 15) is 0 Å². The van der Waals surface area contributed by atoms with Gasteiger partial charge < -0.3 is 10.1 Å². The Bertz CT molecular complexity index is 352. The molecule has 0 spiro atoms. The predicted molar refractivity (Wildman–Crippen MR) is 73.8 cm³/mol. The van der Waals surface area contributed by atoms with Gasteiger partial charge in [0.1, 0.15) is 0 Å². The number of hydrogen-bond donors (Lipinski definition) is 1. The standard InChI is InChI=1S/C12H23N3OS/c1-9(6-7-17-5)13-8-11-10(2)14-15(3)12(11)16-4/h9,13H,6-8H2,1-5H3. The van der Waals surface area contributed by atoms with E-state index >= 15 is 0 Å². The summed E-state index contributed by atoms with van der Waals surface area (Å²) >= 11 is 1.89. The third-order valence-corrected chi connectivity index (χ3v) is 3.51. The van der Waals surface area contributed by atoms with E-state index in [4.69, 9.17) is 4.74 Å². The molecule has 0 aliphatic heterocycles. The average molecular weight is 257 g/mol. The van der Waals surface area contributed by atoms with Gasteiger partial charge in [0.15, 0.2) is 0 Å². The lowest BCUT2D eigenvalue weighted by molar-refractivity contribution is 0.366. The second-order valence-corrected chi connectivity index (χ2v) is 5.25. The Kier molecular flexibility index (Phi) is 5.85. The van der Waals surface area contributed by atoms with Crippen LogP contribution in [-0.4, -0.2) is 34.9 Å². The van der Waals surface area contributed by atoms with Crippen molar-refractivity contribution in [3.8, 4) is 5.88 Å². The molecule has 98 valence electrons. The monoisotopic (exact) mass is 257 g/mol. The van der Waals surface area contributed by atoms with E-state index in [1.54, 1.807) is 11.8 Å². The van der Waals surface area contributed by atoms with Gasteiger partial charge in [0.25, 0.3) is 0 Å². The summed E-state index contributed by atoms with van der Waals surface area (Å²) in [4.78, 5) is 0. The summed E-state index contributed by atoms with van der Waals surface area (Å²) in [7, 11) is 3.60. The fraction of sp³-hybridized carbons (Fsp3) is 0.750. The van der Waals surface area contributed by atoms with Crippen molar-refractivity contribution in [1.29, 1.82) is 0 Å². The quantitative estimate of drug-likeness (QED) is 0.810. The number of aryl methyl sites for hydroxylation is 2. The van der Waals surface area contributed by atoms with Crippen LogP contribution in [0.5, 0.6) is 5.88 Å². The van der Waals surface area contributed by atoms with Gasteiger partial charge in [-0.15, -0.1) is 0 Å². The van der Waals surface area contributed by atoms with E-state index in [0.29, 0.717) is 6.04 Å². The SMILES string of the molecule is COc1c(CNC(C)CCSC)c(C)nn1C. The number of aromatic nitrogens is 2. The Balaban J connectivity index is 2.56. The van der Waals surface area contributed by atoms with Crippen LogP contribution in [0.2, 0.25) is 0 Å². The van der Waals surface area contributed by atoms with Crippen LogP contribution in [0.4, 0.5) is 0 Å². The van der Waals surface area contributed by atoms with E-state index in [1.165, 1.54) is 12.2 Å². The maximum absolute atomic E-state index is 5.37. The molecular formula is C12H23N3OS. The molecule has 1 aromatic heterocycles. The molecule has 0 aromatic carbocycles. The Labute approximate surface area is 108 Å². The number of thioether (sulfide) groups is 1. The molecule has 0 saturated carbocycles. The van der Waals surface area contributed by atoms with Crippen LogP contribution in [0.3, 0.4) is 0 Å². The lowest BCUT2D eigenvalue weighted by atomic mass is 10.2. The molecule has 0 amide bonds. The molecule has 0 aliphatic rings. The fourth-order valence-corrected chi connectivity index (χ4v) is 2.40. The number of hydrogen-bond acceptors (Lipinski definition) is 4. The van der Waals surface area contributed by atoms with Crippen molar-refractivity contribution in [3.05, 3.63) is 11.3 Å². The molecule has 0 aliphatic carbocycles. The first-order chi connectivity index (χ1) is 8.10. The van der Waals surface area contributed by atoms with Crippen molar-refractivity contribution < 1.29 is 4.74 Å². The summed E-state index contributed by atoms with van der Waals surface area (Å²) in [5, 5.41) is 7.89. The average Bonchev–Trinajstić information content (AvgIpc) is 2.57. The second-order valence-electron chi connectivity index (χ2n) is 4.26. The minimum Gasteiger partial charge on any atom is -0.481 e. The third kappa shape index (κ3) is 3.92. The zero-order valence-electron chi connectivity index (χ0n) is 11.4. The van der Waals surface area contributed by atoms with Gasteiger partial charge in [0.2, 0.25) is 5.88 Å². The van der Waals surface area contributed by atoms with Crippen molar-refractivity contribution >= 4 is 11.8 Å². The molecule has 1 unspecified atom stereocenters. The normalized spacial score (nSPS) is 12.8. The number of nitrogens with one attached hydrogen (secondary N) is 1. The van der Waals surface area contributed by atoms with Crippen LogP contribution in [0.15, 0.2) is 0 Å². The van der Waals surface area contributed by atoms with Gasteiger partial charge in [-0.1, -0.05) is 0 Å². The van der Waals surface area contributed by atoms with Gasteiger partial charge in [-0.25, -0.2) is 4.68 Å². The highest BCUT2D eigenvalue weighted by atomic mass is 32.2. The summed E-state index contributed by atoms with van der Waals surface area (Å²) in [6, 6.07) is 0.520. The van der Waals surface area contributed by atoms with Crippen LogP contribution in [0, 0.1) is 6.92 Å². The van der Waals surface area contributed by atoms with Crippen LogP contribution < -0.4 is 10.1 Å². The maximum atomic E-state index is 5.37. The first-order valence-electron chi connectivity index (χ1n) is 5.89. The van der Waals surface area contributed by atoms with Crippen LogP contribution >= 0.6 is 11.8 Å². The third-order valence-electron chi connectivity index (χ3n) is 2.86. The van der Waals surface area contributed by atoms with Crippen molar-refractivity contribution in [1.82, 2.24) is 15.1 Å². The van der Waals surface area contributed by atoms with E-state index in [-0.39, 0.29) is 0 Å². The Morgan fingerprint density at radius 1 is 1.53 bits per heavy atom. The van der Waals surface area contributed by atoms with E-state index in [2.05, 4.69) is 23.6 Å². The Hall–Kier alpha value is -0.680. The van der Waals surface area contributed by atoms with Gasteiger partial charge >= 0.3 is 0 Å². The maximum Gasteiger partial charge on any atom is 0.216 e. The van der Waals surface area contributed by atoms with Gasteiger partial charge in [-0.05, 0) is 32.3 Å². The molecule has 0 saturated heterocycles. The van der Waals surface area contributed by atoms with Crippen LogP contribution in [0.25, 0.3) is 0 Å². The number of nitrogens with zero attached hydrogens (tertiary/aromatic N) is 2. The minimum atomic E-state index is 0.520. The lowest BCUT2D eigenvalue weighted by Crippen LogP contribution is -2.26. The van der Waals surface area contributed by atoms with Gasteiger partial charge in [0, 0.05) is 19.6 Å². The van der Waals surface area contributed by atoms with Crippen LogP contribution in [0.1, 0.15) is 24.6 Å². The molecule has 0 bridgehead atoms. The Morgan fingerprint density at radius 2 is 2.24 bits per heavy atom.